The molecular formula is C20H24O4. The Kier molecular flexibility index (Phi) is 7.69. The minimum absolute atomic E-state index is 0.0277. The molecule has 0 heterocycles. The summed E-state index contributed by atoms with van der Waals surface area (Å²) in [6.07, 6.45) is 3.83. The number of carbonyl (C=O) groups is 2. The van der Waals surface area contributed by atoms with Crippen LogP contribution in [0.25, 0.3) is 0 Å². The Morgan fingerprint density at radius 1 is 0.875 bits per heavy atom. The third-order valence-corrected chi connectivity index (χ3v) is 3.73. The summed E-state index contributed by atoms with van der Waals surface area (Å²) in [7, 11) is 0. The first-order valence-electron chi connectivity index (χ1n) is 7.98. The van der Waals surface area contributed by atoms with E-state index in [-0.39, 0.29) is 16.7 Å². The summed E-state index contributed by atoms with van der Waals surface area (Å²) in [4.78, 5) is 21.2. The second-order valence-corrected chi connectivity index (χ2v) is 5.68. The van der Waals surface area contributed by atoms with E-state index in [4.69, 9.17) is 10.2 Å². The Bertz CT molecular complexity index is 655. The average molecular weight is 328 g/mol. The number of unbranched alkanes of at least 4 members (excludes halogenated alkanes) is 1. The first-order valence-corrected chi connectivity index (χ1v) is 7.98. The maximum Gasteiger partial charge on any atom is 0.335 e. The van der Waals surface area contributed by atoms with Crippen molar-refractivity contribution in [3.63, 3.8) is 0 Å². The molecule has 2 N–H and O–H groups in total. The molecule has 4 heteroatoms. The lowest BCUT2D eigenvalue weighted by Gasteiger charge is -2.03. The predicted octanol–water partition coefficient (Wildman–Crippen LogP) is 4.73. The Hall–Kier alpha value is -2.62. The molecule has 0 amide bonds. The third kappa shape index (κ3) is 5.88. The molecule has 0 radical (unpaired) electrons. The van der Waals surface area contributed by atoms with E-state index in [1.165, 1.54) is 55.5 Å². The van der Waals surface area contributed by atoms with Gasteiger partial charge in [-0.2, -0.15) is 0 Å². The van der Waals surface area contributed by atoms with Crippen molar-refractivity contribution >= 4 is 11.9 Å². The first-order chi connectivity index (χ1) is 11.4. The standard InChI is InChI=1S/C11H16.C9H8O4/c1-3-4-5-11-8-6-10(2)7-9-11;1-5-6(8(10)11)3-2-4-7(5)9(12)13/h6-9H,3-5H2,1-2H3;2-4H,1H3,(H,10,11)(H,12,13). The van der Waals surface area contributed by atoms with Crippen LogP contribution in [0, 0.1) is 13.8 Å². The molecule has 0 saturated heterocycles. The van der Waals surface area contributed by atoms with Crippen molar-refractivity contribution in [3.8, 4) is 0 Å². The zero-order valence-corrected chi connectivity index (χ0v) is 14.4. The quantitative estimate of drug-likeness (QED) is 0.832. The highest BCUT2D eigenvalue weighted by Crippen LogP contribution is 2.13. The van der Waals surface area contributed by atoms with Gasteiger partial charge in [-0.05, 0) is 49.9 Å². The maximum atomic E-state index is 10.6. The van der Waals surface area contributed by atoms with Crippen molar-refractivity contribution in [2.75, 3.05) is 0 Å². The molecular weight excluding hydrogens is 304 g/mol. The van der Waals surface area contributed by atoms with E-state index in [1.54, 1.807) is 0 Å². The van der Waals surface area contributed by atoms with Crippen LogP contribution < -0.4 is 0 Å². The molecule has 0 aliphatic carbocycles. The van der Waals surface area contributed by atoms with Crippen LogP contribution in [-0.2, 0) is 6.42 Å². The van der Waals surface area contributed by atoms with Gasteiger partial charge in [0.05, 0.1) is 11.1 Å². The van der Waals surface area contributed by atoms with Crippen LogP contribution in [0.1, 0.15) is 57.2 Å². The van der Waals surface area contributed by atoms with E-state index in [2.05, 4.69) is 38.1 Å². The fourth-order valence-corrected chi connectivity index (χ4v) is 2.23. The van der Waals surface area contributed by atoms with Crippen molar-refractivity contribution in [1.29, 1.82) is 0 Å². The number of aryl methyl sites for hydroxylation is 2. The van der Waals surface area contributed by atoms with Crippen LogP contribution in [-0.4, -0.2) is 22.2 Å². The van der Waals surface area contributed by atoms with Gasteiger partial charge in [-0.1, -0.05) is 49.2 Å². The normalized spacial score (nSPS) is 9.79. The Labute approximate surface area is 142 Å². The van der Waals surface area contributed by atoms with Crippen molar-refractivity contribution in [2.24, 2.45) is 0 Å². The van der Waals surface area contributed by atoms with Crippen LogP contribution >= 0.6 is 0 Å². The smallest absolute Gasteiger partial charge is 0.335 e. The number of rotatable bonds is 5. The molecule has 2 rings (SSSR count). The fraction of sp³-hybridized carbons (Fsp3) is 0.300. The molecule has 2 aromatic rings. The molecule has 0 spiro atoms. The van der Waals surface area contributed by atoms with Gasteiger partial charge in [0.25, 0.3) is 0 Å². The van der Waals surface area contributed by atoms with Gasteiger partial charge in [-0.3, -0.25) is 0 Å². The zero-order valence-electron chi connectivity index (χ0n) is 14.4. The van der Waals surface area contributed by atoms with Gasteiger partial charge in [0, 0.05) is 0 Å². The number of benzene rings is 2. The summed E-state index contributed by atoms with van der Waals surface area (Å²) in [6.45, 7) is 5.84. The number of hydrogen-bond donors (Lipinski definition) is 2. The number of aromatic carboxylic acids is 2. The van der Waals surface area contributed by atoms with Crippen molar-refractivity contribution < 1.29 is 19.8 Å². The Balaban J connectivity index is 0.000000243. The lowest BCUT2D eigenvalue weighted by molar-refractivity contribution is 0.0696. The minimum Gasteiger partial charge on any atom is -0.478 e. The van der Waals surface area contributed by atoms with Crippen molar-refractivity contribution in [1.82, 2.24) is 0 Å². The van der Waals surface area contributed by atoms with Gasteiger partial charge in [-0.25, -0.2) is 9.59 Å². The van der Waals surface area contributed by atoms with E-state index < -0.39 is 11.9 Å². The first kappa shape index (κ1) is 19.4. The molecule has 128 valence electrons. The second-order valence-electron chi connectivity index (χ2n) is 5.68. The van der Waals surface area contributed by atoms with Crippen LogP contribution in [0.15, 0.2) is 42.5 Å². The minimum atomic E-state index is -1.11. The van der Waals surface area contributed by atoms with E-state index in [9.17, 15) is 9.59 Å². The van der Waals surface area contributed by atoms with E-state index in [0.717, 1.165) is 0 Å². The van der Waals surface area contributed by atoms with E-state index in [1.807, 2.05) is 0 Å². The summed E-state index contributed by atoms with van der Waals surface area (Å²) < 4.78 is 0. The molecule has 0 bridgehead atoms. The number of carboxylic acid groups (broad SMARTS) is 2. The number of hydrogen-bond acceptors (Lipinski definition) is 2. The molecule has 0 aromatic heterocycles. The monoisotopic (exact) mass is 328 g/mol. The highest BCUT2D eigenvalue weighted by atomic mass is 16.4. The summed E-state index contributed by atoms with van der Waals surface area (Å²) in [5.41, 5.74) is 3.16. The predicted molar refractivity (Wildman–Crippen MR) is 94.9 cm³/mol. The molecule has 0 aliphatic rings. The Morgan fingerprint density at radius 2 is 1.38 bits per heavy atom. The largest absolute Gasteiger partial charge is 0.478 e. The SMILES string of the molecule is CCCCc1ccc(C)cc1.Cc1c(C(=O)O)cccc1C(=O)O. The maximum absolute atomic E-state index is 10.6. The molecule has 24 heavy (non-hydrogen) atoms. The Morgan fingerprint density at radius 3 is 1.79 bits per heavy atom. The van der Waals surface area contributed by atoms with Gasteiger partial charge < -0.3 is 10.2 Å². The topological polar surface area (TPSA) is 74.6 Å². The van der Waals surface area contributed by atoms with Crippen molar-refractivity contribution in [3.05, 3.63) is 70.3 Å². The summed E-state index contributed by atoms with van der Waals surface area (Å²) in [6, 6.07) is 13.0. The molecule has 0 saturated carbocycles. The van der Waals surface area contributed by atoms with Crippen LogP contribution in [0.4, 0.5) is 0 Å². The van der Waals surface area contributed by atoms with Gasteiger partial charge in [0.2, 0.25) is 0 Å². The lowest BCUT2D eigenvalue weighted by Crippen LogP contribution is -2.06. The summed E-state index contributed by atoms with van der Waals surface area (Å²) in [5, 5.41) is 17.4. The van der Waals surface area contributed by atoms with Gasteiger partial charge in [0.1, 0.15) is 0 Å². The van der Waals surface area contributed by atoms with E-state index >= 15 is 0 Å². The molecule has 0 unspecified atom stereocenters. The van der Waals surface area contributed by atoms with Gasteiger partial charge in [0.15, 0.2) is 0 Å². The number of carboxylic acids is 2. The second kappa shape index (κ2) is 9.50. The van der Waals surface area contributed by atoms with Crippen LogP contribution in [0.2, 0.25) is 0 Å². The molecule has 0 atom stereocenters. The average Bonchev–Trinajstić information content (AvgIpc) is 2.54. The highest BCUT2D eigenvalue weighted by molar-refractivity contribution is 5.96. The molecule has 2 aromatic carbocycles. The third-order valence-electron chi connectivity index (χ3n) is 3.73. The van der Waals surface area contributed by atoms with Crippen LogP contribution in [0.5, 0.6) is 0 Å². The highest BCUT2D eigenvalue weighted by Gasteiger charge is 2.13. The summed E-state index contributed by atoms with van der Waals surface area (Å²) >= 11 is 0. The molecule has 0 aliphatic heterocycles. The van der Waals surface area contributed by atoms with Crippen molar-refractivity contribution in [2.45, 2.75) is 40.0 Å². The lowest BCUT2D eigenvalue weighted by atomic mass is 10.0. The zero-order chi connectivity index (χ0) is 18.1. The molecule has 4 nitrogen and oxygen atoms in total. The molecule has 0 fully saturated rings. The van der Waals surface area contributed by atoms with Crippen LogP contribution in [0.3, 0.4) is 0 Å². The van der Waals surface area contributed by atoms with Gasteiger partial charge in [-0.15, -0.1) is 0 Å². The summed E-state index contributed by atoms with van der Waals surface area (Å²) in [5.74, 6) is -2.22. The van der Waals surface area contributed by atoms with Gasteiger partial charge >= 0.3 is 11.9 Å². The fourth-order valence-electron chi connectivity index (χ4n) is 2.23. The van der Waals surface area contributed by atoms with E-state index in [0.29, 0.717) is 0 Å².